The smallest absolute Gasteiger partial charge is 0.182 e. The highest BCUT2D eigenvalue weighted by atomic mass is 16.1. The minimum atomic E-state index is 0.0813. The van der Waals surface area contributed by atoms with Crippen LogP contribution in [0.4, 0.5) is 0 Å². The van der Waals surface area contributed by atoms with Crippen LogP contribution < -0.4 is 0 Å². The standard InChI is InChI=1S/C13H14N2O/c1-3-13(16)11-9-12(15(2)14-11)10-7-5-4-6-8-10/h4-9H,3H2,1-2H3. The number of hydrogen-bond acceptors (Lipinski definition) is 2. The van der Waals surface area contributed by atoms with E-state index in [0.717, 1.165) is 11.3 Å². The van der Waals surface area contributed by atoms with Crippen molar-refractivity contribution in [1.29, 1.82) is 0 Å². The molecule has 0 aliphatic rings. The topological polar surface area (TPSA) is 34.9 Å². The molecule has 0 saturated carbocycles. The first kappa shape index (κ1) is 10.6. The molecule has 3 nitrogen and oxygen atoms in total. The molecule has 0 saturated heterocycles. The van der Waals surface area contributed by atoms with E-state index in [2.05, 4.69) is 5.10 Å². The van der Waals surface area contributed by atoms with Gasteiger partial charge in [-0.15, -0.1) is 0 Å². The summed E-state index contributed by atoms with van der Waals surface area (Å²) in [5.41, 5.74) is 2.59. The first-order valence-electron chi connectivity index (χ1n) is 5.35. The number of ketones is 1. The minimum Gasteiger partial charge on any atom is -0.292 e. The molecule has 0 amide bonds. The summed E-state index contributed by atoms with van der Waals surface area (Å²) in [5, 5.41) is 4.22. The molecule has 1 aromatic heterocycles. The average Bonchev–Trinajstić information content (AvgIpc) is 2.71. The third kappa shape index (κ3) is 1.89. The normalized spacial score (nSPS) is 10.4. The molecule has 0 fully saturated rings. The number of carbonyl (C=O) groups excluding carboxylic acids is 1. The molecule has 0 bridgehead atoms. The van der Waals surface area contributed by atoms with Crippen molar-refractivity contribution in [2.24, 2.45) is 7.05 Å². The first-order chi connectivity index (χ1) is 7.72. The van der Waals surface area contributed by atoms with Crippen LogP contribution in [0.5, 0.6) is 0 Å². The quantitative estimate of drug-likeness (QED) is 0.736. The third-order valence-electron chi connectivity index (χ3n) is 2.56. The molecule has 1 aromatic carbocycles. The van der Waals surface area contributed by atoms with E-state index in [-0.39, 0.29) is 5.78 Å². The molecule has 0 spiro atoms. The maximum atomic E-state index is 11.5. The van der Waals surface area contributed by atoms with Gasteiger partial charge in [-0.05, 0) is 11.6 Å². The highest BCUT2D eigenvalue weighted by Crippen LogP contribution is 2.19. The summed E-state index contributed by atoms with van der Waals surface area (Å²) in [5.74, 6) is 0.0813. The Balaban J connectivity index is 2.44. The Bertz CT molecular complexity index is 500. The fourth-order valence-electron chi connectivity index (χ4n) is 1.66. The zero-order valence-electron chi connectivity index (χ0n) is 9.47. The van der Waals surface area contributed by atoms with E-state index in [9.17, 15) is 4.79 Å². The Morgan fingerprint density at radius 1 is 1.31 bits per heavy atom. The van der Waals surface area contributed by atoms with Gasteiger partial charge < -0.3 is 0 Å². The number of benzene rings is 1. The van der Waals surface area contributed by atoms with Crippen LogP contribution in [0.2, 0.25) is 0 Å². The Morgan fingerprint density at radius 3 is 2.62 bits per heavy atom. The van der Waals surface area contributed by atoms with Gasteiger partial charge in [0.15, 0.2) is 5.78 Å². The predicted molar refractivity (Wildman–Crippen MR) is 63.3 cm³/mol. The van der Waals surface area contributed by atoms with Crippen LogP contribution in [0.25, 0.3) is 11.3 Å². The molecule has 16 heavy (non-hydrogen) atoms. The SMILES string of the molecule is CCC(=O)c1cc(-c2ccccc2)n(C)n1. The molecule has 82 valence electrons. The summed E-state index contributed by atoms with van der Waals surface area (Å²) in [4.78, 5) is 11.5. The van der Waals surface area contributed by atoms with Gasteiger partial charge in [0.05, 0.1) is 5.69 Å². The molecule has 0 aliphatic carbocycles. The van der Waals surface area contributed by atoms with Crippen molar-refractivity contribution >= 4 is 5.78 Å². The minimum absolute atomic E-state index is 0.0813. The van der Waals surface area contributed by atoms with Crippen LogP contribution in [-0.4, -0.2) is 15.6 Å². The fraction of sp³-hybridized carbons (Fsp3) is 0.231. The Labute approximate surface area is 94.7 Å². The molecular formula is C13H14N2O. The lowest BCUT2D eigenvalue weighted by molar-refractivity contribution is 0.0982. The molecule has 3 heteroatoms. The molecule has 0 unspecified atom stereocenters. The lowest BCUT2D eigenvalue weighted by Gasteiger charge is -1.99. The predicted octanol–water partition coefficient (Wildman–Crippen LogP) is 2.68. The number of aromatic nitrogens is 2. The maximum absolute atomic E-state index is 11.5. The second kappa shape index (κ2) is 4.31. The van der Waals surface area contributed by atoms with E-state index >= 15 is 0 Å². The monoisotopic (exact) mass is 214 g/mol. The van der Waals surface area contributed by atoms with Gasteiger partial charge in [0.1, 0.15) is 5.69 Å². The van der Waals surface area contributed by atoms with Gasteiger partial charge in [0.25, 0.3) is 0 Å². The second-order valence-corrected chi connectivity index (χ2v) is 3.68. The zero-order chi connectivity index (χ0) is 11.5. The van der Waals surface area contributed by atoms with Crippen LogP contribution in [0.15, 0.2) is 36.4 Å². The van der Waals surface area contributed by atoms with E-state index in [1.807, 2.05) is 50.4 Å². The van der Waals surface area contributed by atoms with Crippen molar-refractivity contribution < 1.29 is 4.79 Å². The van der Waals surface area contributed by atoms with Crippen molar-refractivity contribution in [2.75, 3.05) is 0 Å². The van der Waals surface area contributed by atoms with Crippen molar-refractivity contribution in [3.63, 3.8) is 0 Å². The lowest BCUT2D eigenvalue weighted by Crippen LogP contribution is -1.99. The molecular weight excluding hydrogens is 200 g/mol. The molecule has 2 aromatic rings. The van der Waals surface area contributed by atoms with Crippen molar-refractivity contribution in [2.45, 2.75) is 13.3 Å². The summed E-state index contributed by atoms with van der Waals surface area (Å²) < 4.78 is 1.75. The van der Waals surface area contributed by atoms with Gasteiger partial charge in [-0.1, -0.05) is 37.3 Å². The molecule has 2 rings (SSSR count). The number of Topliss-reactive ketones (excluding diaryl/α,β-unsaturated/α-hetero) is 1. The number of hydrogen-bond donors (Lipinski definition) is 0. The van der Waals surface area contributed by atoms with Crippen LogP contribution in [0, 0.1) is 0 Å². The zero-order valence-corrected chi connectivity index (χ0v) is 9.47. The number of carbonyl (C=O) groups is 1. The van der Waals surface area contributed by atoms with Gasteiger partial charge in [0.2, 0.25) is 0 Å². The summed E-state index contributed by atoms with van der Waals surface area (Å²) in [6.45, 7) is 1.85. The van der Waals surface area contributed by atoms with Gasteiger partial charge in [-0.25, -0.2) is 0 Å². The fourth-order valence-corrected chi connectivity index (χ4v) is 1.66. The average molecular weight is 214 g/mol. The molecule has 0 aliphatic heterocycles. The molecule has 0 radical (unpaired) electrons. The lowest BCUT2D eigenvalue weighted by atomic mass is 10.1. The Morgan fingerprint density at radius 2 is 2.00 bits per heavy atom. The van der Waals surface area contributed by atoms with Crippen molar-refractivity contribution in [3.05, 3.63) is 42.1 Å². The molecule has 0 atom stereocenters. The van der Waals surface area contributed by atoms with E-state index < -0.39 is 0 Å². The number of rotatable bonds is 3. The maximum Gasteiger partial charge on any atom is 0.182 e. The first-order valence-corrected chi connectivity index (χ1v) is 5.35. The summed E-state index contributed by atoms with van der Waals surface area (Å²) >= 11 is 0. The third-order valence-corrected chi connectivity index (χ3v) is 2.56. The summed E-state index contributed by atoms with van der Waals surface area (Å²) in [6.07, 6.45) is 0.491. The van der Waals surface area contributed by atoms with Gasteiger partial charge in [0, 0.05) is 13.5 Å². The Hall–Kier alpha value is -1.90. The van der Waals surface area contributed by atoms with Crippen molar-refractivity contribution in [1.82, 2.24) is 9.78 Å². The highest BCUT2D eigenvalue weighted by Gasteiger charge is 2.11. The largest absolute Gasteiger partial charge is 0.292 e. The van der Waals surface area contributed by atoms with E-state index in [4.69, 9.17) is 0 Å². The van der Waals surface area contributed by atoms with Crippen LogP contribution >= 0.6 is 0 Å². The Kier molecular flexibility index (Phi) is 2.86. The summed E-state index contributed by atoms with van der Waals surface area (Å²) in [6, 6.07) is 11.8. The van der Waals surface area contributed by atoms with Crippen LogP contribution in [0.1, 0.15) is 23.8 Å². The number of nitrogens with zero attached hydrogens (tertiary/aromatic N) is 2. The van der Waals surface area contributed by atoms with Crippen LogP contribution in [0.3, 0.4) is 0 Å². The summed E-state index contributed by atoms with van der Waals surface area (Å²) in [7, 11) is 1.86. The van der Waals surface area contributed by atoms with Crippen molar-refractivity contribution in [3.8, 4) is 11.3 Å². The molecule has 1 heterocycles. The van der Waals surface area contributed by atoms with Crippen LogP contribution in [-0.2, 0) is 7.05 Å². The van der Waals surface area contributed by atoms with Gasteiger partial charge in [-0.2, -0.15) is 5.10 Å². The van der Waals surface area contributed by atoms with E-state index in [0.29, 0.717) is 12.1 Å². The molecule has 0 N–H and O–H groups in total. The highest BCUT2D eigenvalue weighted by molar-refractivity contribution is 5.95. The van der Waals surface area contributed by atoms with E-state index in [1.165, 1.54) is 0 Å². The van der Waals surface area contributed by atoms with E-state index in [1.54, 1.807) is 4.68 Å². The second-order valence-electron chi connectivity index (χ2n) is 3.68. The van der Waals surface area contributed by atoms with Gasteiger partial charge in [-0.3, -0.25) is 9.48 Å². The number of aryl methyl sites for hydroxylation is 1. The van der Waals surface area contributed by atoms with Gasteiger partial charge >= 0.3 is 0 Å².